The molecule has 0 saturated carbocycles. The van der Waals surface area contributed by atoms with E-state index in [4.69, 9.17) is 0 Å². The van der Waals surface area contributed by atoms with Crippen molar-refractivity contribution < 1.29 is 14.0 Å². The average Bonchev–Trinajstić information content (AvgIpc) is 3.23. The van der Waals surface area contributed by atoms with E-state index in [1.807, 2.05) is 31.7 Å². The Balaban J connectivity index is 1.33. The van der Waals surface area contributed by atoms with E-state index in [0.717, 1.165) is 30.2 Å². The molecule has 0 spiro atoms. The lowest BCUT2D eigenvalue weighted by atomic mass is 9.79. The van der Waals surface area contributed by atoms with E-state index in [0.29, 0.717) is 38.0 Å². The second-order valence-corrected chi connectivity index (χ2v) is 9.49. The first-order chi connectivity index (χ1) is 15.2. The topological polar surface area (TPSA) is 66.4 Å². The van der Waals surface area contributed by atoms with E-state index in [1.54, 1.807) is 17.0 Å². The molecule has 2 aliphatic heterocycles. The van der Waals surface area contributed by atoms with Gasteiger partial charge in [0.1, 0.15) is 11.6 Å². The van der Waals surface area contributed by atoms with Gasteiger partial charge in [-0.25, -0.2) is 14.4 Å². The van der Waals surface area contributed by atoms with Crippen molar-refractivity contribution in [2.24, 2.45) is 5.41 Å². The van der Waals surface area contributed by atoms with Crippen LogP contribution in [0.3, 0.4) is 0 Å². The third-order valence-electron chi connectivity index (χ3n) is 6.82. The van der Waals surface area contributed by atoms with E-state index in [9.17, 15) is 14.0 Å². The molecule has 0 bridgehead atoms. The van der Waals surface area contributed by atoms with Gasteiger partial charge in [0, 0.05) is 48.9 Å². The Bertz CT molecular complexity index is 997. The molecule has 0 aliphatic carbocycles. The SMILES string of the molecule is Cc1cc(C)nc(C2CCN(C(=O)C3(C)CCN(C(=O)Cc4cccc(F)c4)CC3)C2)n1. The molecule has 0 N–H and O–H groups in total. The van der Waals surface area contributed by atoms with Crippen LogP contribution in [0.4, 0.5) is 4.39 Å². The zero-order valence-electron chi connectivity index (χ0n) is 19.1. The molecule has 32 heavy (non-hydrogen) atoms. The van der Waals surface area contributed by atoms with Gasteiger partial charge in [-0.05, 0) is 56.9 Å². The smallest absolute Gasteiger partial charge is 0.228 e. The van der Waals surface area contributed by atoms with Crippen molar-refractivity contribution in [2.45, 2.75) is 52.4 Å². The Hall–Kier alpha value is -2.83. The summed E-state index contributed by atoms with van der Waals surface area (Å²) in [5.74, 6) is 0.831. The van der Waals surface area contributed by atoms with Crippen LogP contribution in [-0.2, 0) is 16.0 Å². The fraction of sp³-hybridized carbons (Fsp3) is 0.520. The lowest BCUT2D eigenvalue weighted by Gasteiger charge is -2.40. The molecule has 1 aromatic heterocycles. The highest BCUT2D eigenvalue weighted by Crippen LogP contribution is 2.36. The maximum atomic E-state index is 13.4. The summed E-state index contributed by atoms with van der Waals surface area (Å²) in [7, 11) is 0. The molecular formula is C25H31FN4O2. The zero-order valence-corrected chi connectivity index (χ0v) is 19.1. The number of rotatable bonds is 4. The molecule has 2 saturated heterocycles. The molecule has 2 aliphatic rings. The van der Waals surface area contributed by atoms with Crippen LogP contribution < -0.4 is 0 Å². The second-order valence-electron chi connectivity index (χ2n) is 9.49. The van der Waals surface area contributed by atoms with E-state index in [1.165, 1.54) is 12.1 Å². The number of aromatic nitrogens is 2. The lowest BCUT2D eigenvalue weighted by Crippen LogP contribution is -2.49. The number of amides is 2. The van der Waals surface area contributed by atoms with Crippen LogP contribution in [0, 0.1) is 25.1 Å². The summed E-state index contributed by atoms with van der Waals surface area (Å²) in [5.41, 5.74) is 2.13. The predicted molar refractivity (Wildman–Crippen MR) is 119 cm³/mol. The van der Waals surface area contributed by atoms with Crippen LogP contribution >= 0.6 is 0 Å². The van der Waals surface area contributed by atoms with Gasteiger partial charge in [0.05, 0.1) is 6.42 Å². The van der Waals surface area contributed by atoms with Crippen LogP contribution in [0.15, 0.2) is 30.3 Å². The quantitative estimate of drug-likeness (QED) is 0.734. The molecule has 7 heteroatoms. The van der Waals surface area contributed by atoms with Gasteiger partial charge in [0.25, 0.3) is 0 Å². The van der Waals surface area contributed by atoms with Crippen LogP contribution in [0.25, 0.3) is 0 Å². The number of piperidine rings is 1. The molecule has 2 aromatic rings. The zero-order chi connectivity index (χ0) is 22.9. The van der Waals surface area contributed by atoms with Crippen LogP contribution in [-0.4, -0.2) is 57.8 Å². The maximum absolute atomic E-state index is 13.4. The summed E-state index contributed by atoms with van der Waals surface area (Å²) in [5, 5.41) is 0. The molecule has 4 rings (SSSR count). The summed E-state index contributed by atoms with van der Waals surface area (Å²) in [4.78, 5) is 39.0. The highest BCUT2D eigenvalue weighted by atomic mass is 19.1. The molecule has 0 radical (unpaired) electrons. The Kier molecular flexibility index (Phi) is 6.26. The first-order valence-corrected chi connectivity index (χ1v) is 11.4. The van der Waals surface area contributed by atoms with E-state index in [-0.39, 0.29) is 30.0 Å². The molecule has 2 fully saturated rings. The van der Waals surface area contributed by atoms with Gasteiger partial charge < -0.3 is 9.80 Å². The van der Waals surface area contributed by atoms with Crippen LogP contribution in [0.1, 0.15) is 54.9 Å². The summed E-state index contributed by atoms with van der Waals surface area (Å²) in [6.07, 6.45) is 2.35. The third-order valence-corrected chi connectivity index (χ3v) is 6.82. The first-order valence-electron chi connectivity index (χ1n) is 11.4. The van der Waals surface area contributed by atoms with Gasteiger partial charge in [0.2, 0.25) is 11.8 Å². The molecular weight excluding hydrogens is 407 g/mol. The van der Waals surface area contributed by atoms with E-state index in [2.05, 4.69) is 9.97 Å². The number of nitrogens with zero attached hydrogens (tertiary/aromatic N) is 4. The molecule has 6 nitrogen and oxygen atoms in total. The van der Waals surface area contributed by atoms with Gasteiger partial charge in [-0.3, -0.25) is 9.59 Å². The number of likely N-dealkylation sites (tertiary alicyclic amines) is 2. The van der Waals surface area contributed by atoms with Gasteiger partial charge in [-0.15, -0.1) is 0 Å². The Morgan fingerprint density at radius 1 is 1.06 bits per heavy atom. The fourth-order valence-electron chi connectivity index (χ4n) is 4.87. The van der Waals surface area contributed by atoms with E-state index >= 15 is 0 Å². The fourth-order valence-corrected chi connectivity index (χ4v) is 4.87. The first kappa shape index (κ1) is 22.4. The van der Waals surface area contributed by atoms with Crippen molar-refractivity contribution in [1.82, 2.24) is 19.8 Å². The van der Waals surface area contributed by atoms with Crippen molar-refractivity contribution in [2.75, 3.05) is 26.2 Å². The number of hydrogen-bond acceptors (Lipinski definition) is 4. The minimum absolute atomic E-state index is 0.0155. The molecule has 3 heterocycles. The number of aryl methyl sites for hydroxylation is 2. The maximum Gasteiger partial charge on any atom is 0.228 e. The molecule has 170 valence electrons. The second kappa shape index (κ2) is 8.96. The number of carbonyl (C=O) groups is 2. The molecule has 2 amide bonds. The molecule has 1 atom stereocenters. The van der Waals surface area contributed by atoms with Crippen LogP contribution in [0.2, 0.25) is 0 Å². The van der Waals surface area contributed by atoms with Crippen molar-refractivity contribution in [3.05, 3.63) is 58.9 Å². The van der Waals surface area contributed by atoms with Gasteiger partial charge >= 0.3 is 0 Å². The van der Waals surface area contributed by atoms with Crippen molar-refractivity contribution in [3.63, 3.8) is 0 Å². The minimum atomic E-state index is -0.464. The third kappa shape index (κ3) is 4.81. The molecule has 1 unspecified atom stereocenters. The number of hydrogen-bond donors (Lipinski definition) is 0. The molecule has 1 aromatic carbocycles. The lowest BCUT2D eigenvalue weighted by molar-refractivity contribution is -0.146. The number of benzene rings is 1. The highest BCUT2D eigenvalue weighted by molar-refractivity contribution is 5.84. The van der Waals surface area contributed by atoms with Crippen LogP contribution in [0.5, 0.6) is 0 Å². The van der Waals surface area contributed by atoms with E-state index < -0.39 is 5.41 Å². The highest BCUT2D eigenvalue weighted by Gasteiger charge is 2.42. The predicted octanol–water partition coefficient (Wildman–Crippen LogP) is 3.42. The summed E-state index contributed by atoms with van der Waals surface area (Å²) in [6, 6.07) is 8.13. The minimum Gasteiger partial charge on any atom is -0.342 e. The average molecular weight is 439 g/mol. The number of carbonyl (C=O) groups excluding carboxylic acids is 2. The Morgan fingerprint density at radius 3 is 2.41 bits per heavy atom. The Labute approximate surface area is 188 Å². The Morgan fingerprint density at radius 2 is 1.75 bits per heavy atom. The van der Waals surface area contributed by atoms with Crippen molar-refractivity contribution in [3.8, 4) is 0 Å². The summed E-state index contributed by atoms with van der Waals surface area (Å²) < 4.78 is 13.4. The normalized spacial score (nSPS) is 20.4. The largest absolute Gasteiger partial charge is 0.342 e. The monoisotopic (exact) mass is 438 g/mol. The summed E-state index contributed by atoms with van der Waals surface area (Å²) >= 11 is 0. The van der Waals surface area contributed by atoms with Crippen molar-refractivity contribution >= 4 is 11.8 Å². The summed E-state index contributed by atoms with van der Waals surface area (Å²) in [6.45, 7) is 8.43. The van der Waals surface area contributed by atoms with Gasteiger partial charge in [-0.2, -0.15) is 0 Å². The number of halogens is 1. The standard InChI is InChI=1S/C25H31FN4O2/c1-17-13-18(2)28-23(27-17)20-7-10-30(16-20)24(32)25(3)8-11-29(12-9-25)22(31)15-19-5-4-6-21(26)14-19/h4-6,13-14,20H,7-12,15-16H2,1-3H3. The van der Waals surface area contributed by atoms with Gasteiger partial charge in [-0.1, -0.05) is 19.1 Å². The van der Waals surface area contributed by atoms with Crippen molar-refractivity contribution in [1.29, 1.82) is 0 Å². The van der Waals surface area contributed by atoms with Gasteiger partial charge in [0.15, 0.2) is 0 Å².